The summed E-state index contributed by atoms with van der Waals surface area (Å²) in [6.45, 7) is 3.23. The summed E-state index contributed by atoms with van der Waals surface area (Å²) in [7, 11) is 1.57. The molecule has 0 aromatic heterocycles. The molecule has 2 heterocycles. The van der Waals surface area contributed by atoms with E-state index in [4.69, 9.17) is 17.0 Å². The third-order valence-electron chi connectivity index (χ3n) is 3.89. The van der Waals surface area contributed by atoms with Gasteiger partial charge in [0.1, 0.15) is 4.32 Å². The minimum atomic E-state index is -0.228. The summed E-state index contributed by atoms with van der Waals surface area (Å²) in [6.07, 6.45) is 0. The van der Waals surface area contributed by atoms with Crippen molar-refractivity contribution in [2.24, 2.45) is 0 Å². The summed E-state index contributed by atoms with van der Waals surface area (Å²) in [5.74, 6) is -0.382. The maximum Gasteiger partial charge on any atom is 0.267 e. The molecule has 1 aromatic carbocycles. The van der Waals surface area contributed by atoms with E-state index >= 15 is 0 Å². The topological polar surface area (TPSA) is 49.9 Å². The highest BCUT2D eigenvalue weighted by atomic mass is 79.9. The lowest BCUT2D eigenvalue weighted by Gasteiger charge is -2.14. The van der Waals surface area contributed by atoms with Crippen molar-refractivity contribution in [3.05, 3.63) is 33.1 Å². The monoisotopic (exact) mass is 426 g/mol. The van der Waals surface area contributed by atoms with Gasteiger partial charge in [0, 0.05) is 23.7 Å². The lowest BCUT2D eigenvalue weighted by molar-refractivity contribution is -0.123. The molecule has 2 aliphatic rings. The molecule has 0 bridgehead atoms. The first-order valence-corrected chi connectivity index (χ1v) is 9.40. The average Bonchev–Trinajstić information content (AvgIpc) is 2.98. The summed E-state index contributed by atoms with van der Waals surface area (Å²) < 4.78 is 6.35. The fourth-order valence-electron chi connectivity index (χ4n) is 2.76. The van der Waals surface area contributed by atoms with Crippen LogP contribution in [0.25, 0.3) is 5.57 Å². The number of ether oxygens (including phenoxy) is 1. The number of fused-ring (bicyclic) bond motifs is 1. The molecule has 0 radical (unpaired) electrons. The fourth-order valence-corrected chi connectivity index (χ4v) is 4.50. The van der Waals surface area contributed by atoms with Crippen LogP contribution in [0.2, 0.25) is 0 Å². The van der Waals surface area contributed by atoms with Gasteiger partial charge in [-0.3, -0.25) is 14.5 Å². The van der Waals surface area contributed by atoms with Crippen LogP contribution in [-0.2, 0) is 14.3 Å². The summed E-state index contributed by atoms with van der Waals surface area (Å²) in [5, 5.41) is 0. The van der Waals surface area contributed by atoms with Gasteiger partial charge in [-0.1, -0.05) is 39.9 Å². The summed E-state index contributed by atoms with van der Waals surface area (Å²) in [5.41, 5.74) is 2.02. The largest absolute Gasteiger partial charge is 0.383 e. The van der Waals surface area contributed by atoms with Crippen molar-refractivity contribution in [1.29, 1.82) is 0 Å². The fraction of sp³-hybridized carbons (Fsp3) is 0.312. The number of thioether (sulfide) groups is 1. The highest BCUT2D eigenvalue weighted by molar-refractivity contribution is 9.10. The first-order chi connectivity index (χ1) is 11.5. The molecule has 1 fully saturated rings. The Hall–Kier alpha value is -1.22. The first kappa shape index (κ1) is 17.6. The van der Waals surface area contributed by atoms with Crippen LogP contribution in [0.1, 0.15) is 12.5 Å². The van der Waals surface area contributed by atoms with E-state index in [9.17, 15) is 9.59 Å². The number of carbonyl (C=O) groups is 2. The maximum atomic E-state index is 12.9. The number of hydrogen-bond acceptors (Lipinski definition) is 5. The Balaban J connectivity index is 2.10. The van der Waals surface area contributed by atoms with Crippen LogP contribution in [0.15, 0.2) is 27.6 Å². The predicted molar refractivity (Wildman–Crippen MR) is 103 cm³/mol. The molecule has 0 atom stereocenters. The third-order valence-corrected chi connectivity index (χ3v) is 5.83. The molecule has 0 unspecified atom stereocenters. The van der Waals surface area contributed by atoms with Gasteiger partial charge in [-0.15, -0.1) is 0 Å². The van der Waals surface area contributed by atoms with Gasteiger partial charge in [0.2, 0.25) is 0 Å². The second kappa shape index (κ2) is 6.95. The van der Waals surface area contributed by atoms with Crippen LogP contribution in [0.5, 0.6) is 0 Å². The maximum absolute atomic E-state index is 12.9. The SMILES string of the molecule is CCN1C(=O)/C(=C2\SC(=S)N(CCOC)C2=O)c2cc(Br)ccc21. The molecular formula is C16H15BrN2O3S2. The summed E-state index contributed by atoms with van der Waals surface area (Å²) in [6, 6.07) is 5.65. The number of halogens is 1. The molecule has 8 heteroatoms. The number of methoxy groups -OCH3 is 1. The number of hydrogen-bond donors (Lipinski definition) is 0. The van der Waals surface area contributed by atoms with Crippen LogP contribution < -0.4 is 4.90 Å². The summed E-state index contributed by atoms with van der Waals surface area (Å²) >= 11 is 9.93. The van der Waals surface area contributed by atoms with Gasteiger partial charge in [0.15, 0.2) is 0 Å². The van der Waals surface area contributed by atoms with Gasteiger partial charge in [-0.25, -0.2) is 0 Å². The van der Waals surface area contributed by atoms with Gasteiger partial charge in [0.05, 0.1) is 29.3 Å². The van der Waals surface area contributed by atoms with E-state index < -0.39 is 0 Å². The number of rotatable bonds is 4. The Morgan fingerprint density at radius 3 is 2.67 bits per heavy atom. The molecule has 0 spiro atoms. The third kappa shape index (κ3) is 2.81. The van der Waals surface area contributed by atoms with Gasteiger partial charge < -0.3 is 9.64 Å². The van der Waals surface area contributed by atoms with Crippen molar-refractivity contribution in [2.45, 2.75) is 6.92 Å². The van der Waals surface area contributed by atoms with Gasteiger partial charge in [0.25, 0.3) is 11.8 Å². The first-order valence-electron chi connectivity index (χ1n) is 7.38. The minimum absolute atomic E-state index is 0.155. The molecular weight excluding hydrogens is 412 g/mol. The molecule has 2 aliphatic heterocycles. The lowest BCUT2D eigenvalue weighted by atomic mass is 10.1. The highest BCUT2D eigenvalue weighted by Gasteiger charge is 2.41. The Morgan fingerprint density at radius 1 is 1.25 bits per heavy atom. The predicted octanol–water partition coefficient (Wildman–Crippen LogP) is 3.03. The van der Waals surface area contributed by atoms with Crippen molar-refractivity contribution < 1.29 is 14.3 Å². The van der Waals surface area contributed by atoms with Gasteiger partial charge in [-0.05, 0) is 25.1 Å². The van der Waals surface area contributed by atoms with E-state index in [0.29, 0.717) is 34.5 Å². The van der Waals surface area contributed by atoms with E-state index in [1.165, 1.54) is 16.7 Å². The van der Waals surface area contributed by atoms with Crippen LogP contribution >= 0.6 is 39.9 Å². The normalized spacial score (nSPS) is 20.4. The van der Waals surface area contributed by atoms with Crippen molar-refractivity contribution in [1.82, 2.24) is 4.90 Å². The van der Waals surface area contributed by atoms with Crippen molar-refractivity contribution >= 4 is 67.3 Å². The standard InChI is InChI=1S/C16H15BrN2O3S2/c1-3-18-11-5-4-9(17)8-10(11)12(14(18)20)13-15(21)19(6-7-22-2)16(23)24-13/h4-5,8H,3,6-7H2,1-2H3/b13-12-. The van der Waals surface area contributed by atoms with E-state index in [1.54, 1.807) is 12.0 Å². The number of thiocarbonyl (C=S) groups is 1. The lowest BCUT2D eigenvalue weighted by Crippen LogP contribution is -2.32. The van der Waals surface area contributed by atoms with E-state index in [0.717, 1.165) is 15.7 Å². The molecule has 1 saturated heterocycles. The van der Waals surface area contributed by atoms with E-state index in [-0.39, 0.29) is 11.8 Å². The average molecular weight is 427 g/mol. The Morgan fingerprint density at radius 2 is 2.00 bits per heavy atom. The molecule has 126 valence electrons. The van der Waals surface area contributed by atoms with E-state index in [2.05, 4.69) is 15.9 Å². The molecule has 1 aromatic rings. The van der Waals surface area contributed by atoms with Gasteiger partial charge in [-0.2, -0.15) is 0 Å². The number of amides is 2. The van der Waals surface area contributed by atoms with Crippen molar-refractivity contribution in [3.63, 3.8) is 0 Å². The molecule has 0 saturated carbocycles. The zero-order valence-corrected chi connectivity index (χ0v) is 16.4. The number of likely N-dealkylation sites (N-methyl/N-ethyl adjacent to an activating group) is 1. The number of carbonyl (C=O) groups excluding carboxylic acids is 2. The van der Waals surface area contributed by atoms with Crippen LogP contribution in [-0.4, -0.2) is 47.8 Å². The Labute approximate surface area is 158 Å². The van der Waals surface area contributed by atoms with Crippen LogP contribution in [0, 0.1) is 0 Å². The molecule has 3 rings (SSSR count). The van der Waals surface area contributed by atoms with Gasteiger partial charge >= 0.3 is 0 Å². The quantitative estimate of drug-likeness (QED) is 0.546. The van der Waals surface area contributed by atoms with E-state index in [1.807, 2.05) is 25.1 Å². The Kier molecular flexibility index (Phi) is 5.10. The van der Waals surface area contributed by atoms with Crippen molar-refractivity contribution in [3.8, 4) is 0 Å². The zero-order valence-electron chi connectivity index (χ0n) is 13.2. The zero-order chi connectivity index (χ0) is 17.4. The van der Waals surface area contributed by atoms with Crippen LogP contribution in [0.3, 0.4) is 0 Å². The number of benzene rings is 1. The number of anilines is 1. The molecule has 24 heavy (non-hydrogen) atoms. The molecule has 0 aliphatic carbocycles. The second-order valence-corrected chi connectivity index (χ2v) is 7.79. The van der Waals surface area contributed by atoms with Crippen LogP contribution in [0.4, 0.5) is 5.69 Å². The smallest absolute Gasteiger partial charge is 0.267 e. The molecule has 2 amide bonds. The molecule has 5 nitrogen and oxygen atoms in total. The molecule has 0 N–H and O–H groups in total. The minimum Gasteiger partial charge on any atom is -0.383 e. The van der Waals surface area contributed by atoms with Crippen molar-refractivity contribution in [2.75, 3.05) is 31.7 Å². The Bertz CT molecular complexity index is 779. The second-order valence-electron chi connectivity index (χ2n) is 5.23. The number of nitrogens with zero attached hydrogens (tertiary/aromatic N) is 2. The highest BCUT2D eigenvalue weighted by Crippen LogP contribution is 2.45. The summed E-state index contributed by atoms with van der Waals surface area (Å²) in [4.78, 5) is 29.2.